The lowest BCUT2D eigenvalue weighted by Gasteiger charge is -2.17. The Morgan fingerprint density at radius 1 is 1.16 bits per heavy atom. The van der Waals surface area contributed by atoms with Crippen molar-refractivity contribution in [2.45, 2.75) is 6.42 Å². The van der Waals surface area contributed by atoms with Gasteiger partial charge >= 0.3 is 0 Å². The minimum Gasteiger partial charge on any atom is -0.495 e. The first-order valence-electron chi connectivity index (χ1n) is 7.71. The maximum atomic E-state index is 12.6. The Morgan fingerprint density at radius 2 is 1.84 bits per heavy atom. The molecule has 2 aromatic rings. The molecule has 5 nitrogen and oxygen atoms in total. The Kier molecular flexibility index (Phi) is 5.16. The maximum absolute atomic E-state index is 12.6. The zero-order chi connectivity index (χ0) is 18.0. The summed E-state index contributed by atoms with van der Waals surface area (Å²) in [7, 11) is 1.50. The molecule has 130 valence electrons. The zero-order valence-electron chi connectivity index (χ0n) is 13.5. The van der Waals surface area contributed by atoms with Crippen molar-refractivity contribution < 1.29 is 14.3 Å². The van der Waals surface area contributed by atoms with Crippen molar-refractivity contribution >= 4 is 46.4 Å². The molecule has 0 radical (unpaired) electrons. The standard InChI is InChI=1S/C18H16Cl2N2O3/c1-25-16-7-4-12(20)10-15(16)21-17(23)14-8-9-22(18(14)24)13-5-2-11(19)3-6-13/h2-7,10,14H,8-9H2,1H3,(H,21,23). The van der Waals surface area contributed by atoms with E-state index in [0.29, 0.717) is 34.4 Å². The number of nitrogens with one attached hydrogen (secondary N) is 1. The van der Waals surface area contributed by atoms with Crippen LogP contribution in [-0.2, 0) is 9.59 Å². The second-order valence-corrected chi connectivity index (χ2v) is 6.51. The third-order valence-corrected chi connectivity index (χ3v) is 4.57. The predicted octanol–water partition coefficient (Wildman–Crippen LogP) is 3.99. The highest BCUT2D eigenvalue weighted by atomic mass is 35.5. The smallest absolute Gasteiger partial charge is 0.239 e. The van der Waals surface area contributed by atoms with Crippen molar-refractivity contribution in [2.24, 2.45) is 5.92 Å². The van der Waals surface area contributed by atoms with E-state index in [2.05, 4.69) is 5.32 Å². The summed E-state index contributed by atoms with van der Waals surface area (Å²) in [6.07, 6.45) is 0.441. The molecule has 1 aliphatic rings. The minimum atomic E-state index is -0.751. The Balaban J connectivity index is 1.74. The highest BCUT2D eigenvalue weighted by molar-refractivity contribution is 6.31. The number of halogens is 2. The van der Waals surface area contributed by atoms with Gasteiger partial charge in [-0.15, -0.1) is 0 Å². The average molecular weight is 379 g/mol. The number of nitrogens with zero attached hydrogens (tertiary/aromatic N) is 1. The van der Waals surface area contributed by atoms with Gasteiger partial charge in [0.1, 0.15) is 11.7 Å². The van der Waals surface area contributed by atoms with Gasteiger partial charge in [-0.3, -0.25) is 9.59 Å². The van der Waals surface area contributed by atoms with E-state index in [1.807, 2.05) is 0 Å². The number of hydrogen-bond acceptors (Lipinski definition) is 3. The van der Waals surface area contributed by atoms with Gasteiger partial charge in [-0.05, 0) is 48.9 Å². The molecule has 0 aromatic heterocycles. The second-order valence-electron chi connectivity index (χ2n) is 5.64. The first-order valence-corrected chi connectivity index (χ1v) is 8.46. The lowest BCUT2D eigenvalue weighted by Crippen LogP contribution is -2.33. The average Bonchev–Trinajstić information content (AvgIpc) is 2.97. The normalized spacial score (nSPS) is 16.8. The van der Waals surface area contributed by atoms with E-state index in [1.54, 1.807) is 47.4 Å². The lowest BCUT2D eigenvalue weighted by atomic mass is 10.1. The van der Waals surface area contributed by atoms with Crippen LogP contribution < -0.4 is 15.0 Å². The Hall–Kier alpha value is -2.24. The fraction of sp³-hybridized carbons (Fsp3) is 0.222. The summed E-state index contributed by atoms with van der Waals surface area (Å²) in [6.45, 7) is 0.477. The van der Waals surface area contributed by atoms with E-state index in [0.717, 1.165) is 5.69 Å². The number of rotatable bonds is 4. The topological polar surface area (TPSA) is 58.6 Å². The third kappa shape index (κ3) is 3.72. The SMILES string of the molecule is COc1ccc(Cl)cc1NC(=O)C1CCN(c2ccc(Cl)cc2)C1=O. The number of amides is 2. The molecule has 7 heteroatoms. The first kappa shape index (κ1) is 17.6. The van der Waals surface area contributed by atoms with Crippen LogP contribution in [0.1, 0.15) is 6.42 Å². The van der Waals surface area contributed by atoms with Crippen molar-refractivity contribution in [3.05, 3.63) is 52.5 Å². The van der Waals surface area contributed by atoms with E-state index in [1.165, 1.54) is 7.11 Å². The summed E-state index contributed by atoms with van der Waals surface area (Å²) in [5, 5.41) is 3.80. The predicted molar refractivity (Wildman–Crippen MR) is 98.5 cm³/mol. The van der Waals surface area contributed by atoms with Gasteiger partial charge in [0.2, 0.25) is 11.8 Å². The fourth-order valence-electron chi connectivity index (χ4n) is 2.80. The highest BCUT2D eigenvalue weighted by Gasteiger charge is 2.37. The van der Waals surface area contributed by atoms with E-state index < -0.39 is 5.92 Å². The molecule has 1 N–H and O–H groups in total. The quantitative estimate of drug-likeness (QED) is 0.818. The van der Waals surface area contributed by atoms with Gasteiger partial charge in [-0.25, -0.2) is 0 Å². The van der Waals surface area contributed by atoms with Crippen LogP contribution in [0.5, 0.6) is 5.75 Å². The lowest BCUT2D eigenvalue weighted by molar-refractivity contribution is -0.129. The second kappa shape index (κ2) is 7.33. The number of ether oxygens (including phenoxy) is 1. The van der Waals surface area contributed by atoms with Crippen molar-refractivity contribution in [3.63, 3.8) is 0 Å². The van der Waals surface area contributed by atoms with Crippen LogP contribution in [0.4, 0.5) is 11.4 Å². The minimum absolute atomic E-state index is 0.235. The summed E-state index contributed by atoms with van der Waals surface area (Å²) >= 11 is 11.8. The third-order valence-electron chi connectivity index (χ3n) is 4.08. The molecule has 1 saturated heterocycles. The number of benzene rings is 2. The van der Waals surface area contributed by atoms with Gasteiger partial charge in [0.05, 0.1) is 12.8 Å². The van der Waals surface area contributed by atoms with Crippen molar-refractivity contribution in [1.82, 2.24) is 0 Å². The van der Waals surface area contributed by atoms with Crippen LogP contribution in [-0.4, -0.2) is 25.5 Å². The number of hydrogen-bond donors (Lipinski definition) is 1. The molecule has 1 aliphatic heterocycles. The summed E-state index contributed by atoms with van der Waals surface area (Å²) in [5.74, 6) is -0.875. The molecule has 0 spiro atoms. The molecular weight excluding hydrogens is 363 g/mol. The fourth-order valence-corrected chi connectivity index (χ4v) is 3.10. The molecule has 1 fully saturated rings. The molecule has 2 aromatic carbocycles. The molecule has 3 rings (SSSR count). The van der Waals surface area contributed by atoms with Crippen LogP contribution in [0.3, 0.4) is 0 Å². The van der Waals surface area contributed by atoms with Gasteiger partial charge in [0, 0.05) is 22.3 Å². The van der Waals surface area contributed by atoms with Crippen LogP contribution in [0.2, 0.25) is 10.0 Å². The van der Waals surface area contributed by atoms with E-state index >= 15 is 0 Å². The maximum Gasteiger partial charge on any atom is 0.239 e. The Bertz CT molecular complexity index is 808. The number of carbonyl (C=O) groups is 2. The number of methoxy groups -OCH3 is 1. The monoisotopic (exact) mass is 378 g/mol. The molecule has 25 heavy (non-hydrogen) atoms. The van der Waals surface area contributed by atoms with Gasteiger partial charge in [-0.2, -0.15) is 0 Å². The van der Waals surface area contributed by atoms with E-state index in [4.69, 9.17) is 27.9 Å². The molecule has 0 aliphatic carbocycles. The van der Waals surface area contributed by atoms with Crippen LogP contribution in [0, 0.1) is 5.92 Å². The Morgan fingerprint density at radius 3 is 2.52 bits per heavy atom. The summed E-state index contributed by atoms with van der Waals surface area (Å²) in [5.41, 5.74) is 1.17. The van der Waals surface area contributed by atoms with Crippen LogP contribution >= 0.6 is 23.2 Å². The van der Waals surface area contributed by atoms with Gasteiger partial charge in [0.15, 0.2) is 0 Å². The molecule has 2 amide bonds. The summed E-state index contributed by atoms with van der Waals surface area (Å²) < 4.78 is 5.21. The Labute approximate surface area is 155 Å². The van der Waals surface area contributed by atoms with Gasteiger partial charge in [0.25, 0.3) is 0 Å². The van der Waals surface area contributed by atoms with Crippen molar-refractivity contribution in [3.8, 4) is 5.75 Å². The molecular formula is C18H16Cl2N2O3. The van der Waals surface area contributed by atoms with Crippen LogP contribution in [0.25, 0.3) is 0 Å². The molecule has 1 heterocycles. The molecule has 0 saturated carbocycles. The van der Waals surface area contributed by atoms with Crippen molar-refractivity contribution in [2.75, 3.05) is 23.9 Å². The molecule has 1 unspecified atom stereocenters. The van der Waals surface area contributed by atoms with E-state index in [-0.39, 0.29) is 11.8 Å². The zero-order valence-corrected chi connectivity index (χ0v) is 15.0. The largest absolute Gasteiger partial charge is 0.495 e. The molecule has 0 bridgehead atoms. The number of anilines is 2. The molecule has 1 atom stereocenters. The van der Waals surface area contributed by atoms with Crippen LogP contribution in [0.15, 0.2) is 42.5 Å². The summed E-state index contributed by atoms with van der Waals surface area (Å²) in [4.78, 5) is 26.8. The first-order chi connectivity index (χ1) is 12.0. The van der Waals surface area contributed by atoms with Crippen molar-refractivity contribution in [1.29, 1.82) is 0 Å². The van der Waals surface area contributed by atoms with E-state index in [9.17, 15) is 9.59 Å². The summed E-state index contributed by atoms with van der Waals surface area (Å²) in [6, 6.07) is 11.9. The highest BCUT2D eigenvalue weighted by Crippen LogP contribution is 2.31. The number of carbonyl (C=O) groups excluding carboxylic acids is 2. The van der Waals surface area contributed by atoms with Gasteiger partial charge in [-0.1, -0.05) is 23.2 Å². The van der Waals surface area contributed by atoms with Gasteiger partial charge < -0.3 is 15.0 Å².